The van der Waals surface area contributed by atoms with E-state index < -0.39 is 0 Å². The standard InChI is InChI=1S/C14H20N2O2/c1-12-4-5-14(13(10-12)11-15)16-6-3-7-18-9-8-17-2/h4-5,10,16H,3,6-9H2,1-2H3. The Morgan fingerprint density at radius 2 is 2.11 bits per heavy atom. The first kappa shape index (κ1) is 14.5. The van der Waals surface area contributed by atoms with Crippen molar-refractivity contribution in [3.05, 3.63) is 29.3 Å². The van der Waals surface area contributed by atoms with Crippen LogP contribution in [0.2, 0.25) is 0 Å². The second-order valence-corrected chi connectivity index (χ2v) is 4.05. The topological polar surface area (TPSA) is 54.3 Å². The quantitative estimate of drug-likeness (QED) is 0.717. The third kappa shape index (κ3) is 5.17. The summed E-state index contributed by atoms with van der Waals surface area (Å²) >= 11 is 0. The van der Waals surface area contributed by atoms with Gasteiger partial charge < -0.3 is 14.8 Å². The molecule has 0 amide bonds. The molecule has 1 aromatic carbocycles. The highest BCUT2D eigenvalue weighted by molar-refractivity contribution is 5.58. The molecule has 0 spiro atoms. The van der Waals surface area contributed by atoms with Gasteiger partial charge in [-0.1, -0.05) is 6.07 Å². The highest BCUT2D eigenvalue weighted by atomic mass is 16.5. The van der Waals surface area contributed by atoms with E-state index in [9.17, 15) is 0 Å². The smallest absolute Gasteiger partial charge is 0.101 e. The van der Waals surface area contributed by atoms with E-state index in [1.54, 1.807) is 7.11 Å². The van der Waals surface area contributed by atoms with Gasteiger partial charge in [0, 0.05) is 20.3 Å². The molecule has 18 heavy (non-hydrogen) atoms. The summed E-state index contributed by atoms with van der Waals surface area (Å²) in [6.45, 7) is 4.73. The number of nitrogens with zero attached hydrogens (tertiary/aromatic N) is 1. The van der Waals surface area contributed by atoms with Crippen LogP contribution >= 0.6 is 0 Å². The van der Waals surface area contributed by atoms with Gasteiger partial charge in [-0.3, -0.25) is 0 Å². The molecule has 4 nitrogen and oxygen atoms in total. The lowest BCUT2D eigenvalue weighted by atomic mass is 10.1. The van der Waals surface area contributed by atoms with Crippen LogP contribution in [0.4, 0.5) is 5.69 Å². The van der Waals surface area contributed by atoms with Gasteiger partial charge in [-0.25, -0.2) is 0 Å². The first-order chi connectivity index (χ1) is 8.77. The number of benzene rings is 1. The van der Waals surface area contributed by atoms with E-state index in [1.165, 1.54) is 0 Å². The summed E-state index contributed by atoms with van der Waals surface area (Å²) in [7, 11) is 1.66. The fourth-order valence-electron chi connectivity index (χ4n) is 1.55. The van der Waals surface area contributed by atoms with Gasteiger partial charge in [0.15, 0.2) is 0 Å². The van der Waals surface area contributed by atoms with E-state index in [0.29, 0.717) is 25.4 Å². The van der Waals surface area contributed by atoms with Crippen LogP contribution in [-0.2, 0) is 9.47 Å². The highest BCUT2D eigenvalue weighted by Crippen LogP contribution is 2.15. The van der Waals surface area contributed by atoms with Crippen LogP contribution in [0.5, 0.6) is 0 Å². The van der Waals surface area contributed by atoms with Gasteiger partial charge in [0.25, 0.3) is 0 Å². The monoisotopic (exact) mass is 248 g/mol. The molecule has 0 saturated heterocycles. The van der Waals surface area contributed by atoms with Crippen LogP contribution < -0.4 is 5.32 Å². The van der Waals surface area contributed by atoms with E-state index in [0.717, 1.165) is 24.2 Å². The Morgan fingerprint density at radius 1 is 1.28 bits per heavy atom. The van der Waals surface area contributed by atoms with E-state index in [-0.39, 0.29) is 0 Å². The molecular weight excluding hydrogens is 228 g/mol. The molecule has 0 aliphatic heterocycles. The Bertz CT molecular complexity index is 399. The fourth-order valence-corrected chi connectivity index (χ4v) is 1.55. The number of hydrogen-bond donors (Lipinski definition) is 1. The Kier molecular flexibility index (Phi) is 6.85. The molecular formula is C14H20N2O2. The number of nitrogens with one attached hydrogen (secondary N) is 1. The zero-order valence-corrected chi connectivity index (χ0v) is 11.0. The zero-order valence-electron chi connectivity index (χ0n) is 11.0. The number of rotatable bonds is 8. The summed E-state index contributed by atoms with van der Waals surface area (Å²) in [5.41, 5.74) is 2.68. The molecule has 0 fully saturated rings. The molecule has 1 rings (SSSR count). The number of ether oxygens (including phenoxy) is 2. The molecule has 0 aliphatic rings. The van der Waals surface area contributed by atoms with Gasteiger partial charge in [0.2, 0.25) is 0 Å². The minimum absolute atomic E-state index is 0.629. The van der Waals surface area contributed by atoms with Crippen LogP contribution in [0.25, 0.3) is 0 Å². The summed E-state index contributed by atoms with van der Waals surface area (Å²) in [5, 5.41) is 12.3. The van der Waals surface area contributed by atoms with Crippen LogP contribution in [0.1, 0.15) is 17.5 Å². The lowest BCUT2D eigenvalue weighted by molar-refractivity contribution is 0.0705. The maximum atomic E-state index is 9.01. The predicted octanol–water partition coefficient (Wildman–Crippen LogP) is 2.33. The second kappa shape index (κ2) is 8.51. The zero-order chi connectivity index (χ0) is 13.2. The summed E-state index contributed by atoms with van der Waals surface area (Å²) in [6, 6.07) is 8.02. The number of anilines is 1. The maximum Gasteiger partial charge on any atom is 0.101 e. The molecule has 0 aliphatic carbocycles. The molecule has 0 atom stereocenters. The second-order valence-electron chi connectivity index (χ2n) is 4.05. The van der Waals surface area contributed by atoms with Crippen molar-refractivity contribution in [3.8, 4) is 6.07 Å². The fraction of sp³-hybridized carbons (Fsp3) is 0.500. The van der Waals surface area contributed by atoms with Crippen molar-refractivity contribution >= 4 is 5.69 Å². The first-order valence-corrected chi connectivity index (χ1v) is 6.09. The Labute approximate surface area is 109 Å². The van der Waals surface area contributed by atoms with Crippen molar-refractivity contribution in [2.24, 2.45) is 0 Å². The molecule has 1 aromatic rings. The number of aryl methyl sites for hydroxylation is 1. The molecule has 0 unspecified atom stereocenters. The lowest BCUT2D eigenvalue weighted by Gasteiger charge is -2.09. The predicted molar refractivity (Wildman–Crippen MR) is 71.7 cm³/mol. The minimum atomic E-state index is 0.629. The molecule has 0 saturated carbocycles. The maximum absolute atomic E-state index is 9.01. The van der Waals surface area contributed by atoms with Gasteiger partial charge >= 0.3 is 0 Å². The molecule has 0 heterocycles. The third-order valence-corrected chi connectivity index (χ3v) is 2.51. The molecule has 1 N–H and O–H groups in total. The number of hydrogen-bond acceptors (Lipinski definition) is 4. The summed E-state index contributed by atoms with van der Waals surface area (Å²) in [5.74, 6) is 0. The Morgan fingerprint density at radius 3 is 2.83 bits per heavy atom. The minimum Gasteiger partial charge on any atom is -0.384 e. The number of nitriles is 1. The average molecular weight is 248 g/mol. The van der Waals surface area contributed by atoms with Crippen LogP contribution in [0, 0.1) is 18.3 Å². The summed E-state index contributed by atoms with van der Waals surface area (Å²) in [4.78, 5) is 0. The molecule has 0 bridgehead atoms. The van der Waals surface area contributed by atoms with E-state index in [4.69, 9.17) is 14.7 Å². The van der Waals surface area contributed by atoms with Crippen LogP contribution in [0.15, 0.2) is 18.2 Å². The first-order valence-electron chi connectivity index (χ1n) is 6.09. The van der Waals surface area contributed by atoms with Crippen LogP contribution in [-0.4, -0.2) is 33.5 Å². The SMILES string of the molecule is COCCOCCCNc1ccc(C)cc1C#N. The lowest BCUT2D eigenvalue weighted by Crippen LogP contribution is -2.09. The van der Waals surface area contributed by atoms with E-state index >= 15 is 0 Å². The van der Waals surface area contributed by atoms with E-state index in [1.807, 2.05) is 25.1 Å². The van der Waals surface area contributed by atoms with Crippen molar-refractivity contribution in [3.63, 3.8) is 0 Å². The van der Waals surface area contributed by atoms with Crippen LogP contribution in [0.3, 0.4) is 0 Å². The van der Waals surface area contributed by atoms with Gasteiger partial charge in [-0.15, -0.1) is 0 Å². The molecule has 98 valence electrons. The molecule has 0 radical (unpaired) electrons. The van der Waals surface area contributed by atoms with Gasteiger partial charge in [-0.05, 0) is 31.0 Å². The largest absolute Gasteiger partial charge is 0.384 e. The van der Waals surface area contributed by atoms with Crippen molar-refractivity contribution < 1.29 is 9.47 Å². The normalized spacial score (nSPS) is 10.1. The van der Waals surface area contributed by atoms with E-state index in [2.05, 4.69) is 11.4 Å². The Hall–Kier alpha value is -1.57. The van der Waals surface area contributed by atoms with Crippen molar-refractivity contribution in [2.45, 2.75) is 13.3 Å². The van der Waals surface area contributed by atoms with Gasteiger partial charge in [0.05, 0.1) is 24.5 Å². The third-order valence-electron chi connectivity index (χ3n) is 2.51. The van der Waals surface area contributed by atoms with Crippen molar-refractivity contribution in [1.29, 1.82) is 5.26 Å². The highest BCUT2D eigenvalue weighted by Gasteiger charge is 2.00. The van der Waals surface area contributed by atoms with Crippen molar-refractivity contribution in [1.82, 2.24) is 0 Å². The van der Waals surface area contributed by atoms with Gasteiger partial charge in [0.1, 0.15) is 6.07 Å². The Balaban J connectivity index is 2.25. The number of methoxy groups -OCH3 is 1. The summed E-state index contributed by atoms with van der Waals surface area (Å²) < 4.78 is 10.2. The van der Waals surface area contributed by atoms with Gasteiger partial charge in [-0.2, -0.15) is 5.26 Å². The van der Waals surface area contributed by atoms with Crippen molar-refractivity contribution in [2.75, 3.05) is 38.8 Å². The molecule has 4 heteroatoms. The average Bonchev–Trinajstić information content (AvgIpc) is 2.39. The molecule has 0 aromatic heterocycles. The summed E-state index contributed by atoms with van der Waals surface area (Å²) in [6.07, 6.45) is 0.905.